The van der Waals surface area contributed by atoms with Crippen molar-refractivity contribution in [3.63, 3.8) is 0 Å². The maximum atomic E-state index is 12.2. The van der Waals surface area contributed by atoms with Crippen LogP contribution in [-0.2, 0) is 16.6 Å². The fraction of sp³-hybridized carbons (Fsp3) is 0.278. The molecule has 0 heterocycles. The lowest BCUT2D eigenvalue weighted by Crippen LogP contribution is -2.33. The van der Waals surface area contributed by atoms with Gasteiger partial charge in [0.2, 0.25) is 10.0 Å². The SMILES string of the molecule is CNS(=O)(=O)CCNC(=O)c1cccc(N(C)Cc2ccccc2)c1. The highest BCUT2D eigenvalue weighted by Crippen LogP contribution is 2.17. The summed E-state index contributed by atoms with van der Waals surface area (Å²) in [7, 11) is -0.0143. The van der Waals surface area contributed by atoms with Gasteiger partial charge >= 0.3 is 0 Å². The maximum absolute atomic E-state index is 12.2. The first-order chi connectivity index (χ1) is 11.9. The third-order valence-electron chi connectivity index (χ3n) is 3.78. The third-order valence-corrected chi connectivity index (χ3v) is 5.14. The minimum atomic E-state index is -3.33. The Morgan fingerprint density at radius 3 is 2.48 bits per heavy atom. The van der Waals surface area contributed by atoms with E-state index in [1.807, 2.05) is 37.4 Å². The molecule has 0 aliphatic rings. The Bertz CT molecular complexity index is 807. The Balaban J connectivity index is 1.99. The van der Waals surface area contributed by atoms with Crippen LogP contribution in [0.25, 0.3) is 0 Å². The molecule has 0 unspecified atom stereocenters. The van der Waals surface area contributed by atoms with Gasteiger partial charge in [0.1, 0.15) is 0 Å². The predicted molar refractivity (Wildman–Crippen MR) is 100 cm³/mol. The summed E-state index contributed by atoms with van der Waals surface area (Å²) in [4.78, 5) is 14.3. The van der Waals surface area contributed by atoms with Gasteiger partial charge in [-0.15, -0.1) is 0 Å². The Kier molecular flexibility index (Phi) is 6.55. The van der Waals surface area contributed by atoms with Gasteiger partial charge in [-0.2, -0.15) is 0 Å². The van der Waals surface area contributed by atoms with Crippen molar-refractivity contribution in [2.75, 3.05) is 31.3 Å². The molecule has 0 aliphatic carbocycles. The average Bonchev–Trinajstić information content (AvgIpc) is 2.62. The highest BCUT2D eigenvalue weighted by Gasteiger charge is 2.11. The molecule has 0 aromatic heterocycles. The van der Waals surface area contributed by atoms with Crippen LogP contribution in [0.3, 0.4) is 0 Å². The zero-order chi connectivity index (χ0) is 18.3. The van der Waals surface area contributed by atoms with E-state index in [-0.39, 0.29) is 18.2 Å². The molecule has 25 heavy (non-hydrogen) atoms. The lowest BCUT2D eigenvalue weighted by molar-refractivity contribution is 0.0956. The molecule has 1 amide bonds. The zero-order valence-electron chi connectivity index (χ0n) is 14.4. The van der Waals surface area contributed by atoms with E-state index in [4.69, 9.17) is 0 Å². The van der Waals surface area contributed by atoms with Crippen LogP contribution < -0.4 is 14.9 Å². The number of anilines is 1. The van der Waals surface area contributed by atoms with Crippen LogP contribution in [0.2, 0.25) is 0 Å². The molecule has 7 heteroatoms. The molecular formula is C18H23N3O3S. The van der Waals surface area contributed by atoms with Gasteiger partial charge < -0.3 is 10.2 Å². The van der Waals surface area contributed by atoms with Crippen LogP contribution in [0.1, 0.15) is 15.9 Å². The molecule has 0 atom stereocenters. The van der Waals surface area contributed by atoms with Crippen molar-refractivity contribution in [3.05, 3.63) is 65.7 Å². The van der Waals surface area contributed by atoms with Crippen molar-refractivity contribution in [3.8, 4) is 0 Å². The fourth-order valence-electron chi connectivity index (χ4n) is 2.34. The molecule has 0 aliphatic heterocycles. The smallest absolute Gasteiger partial charge is 0.251 e. The fourth-order valence-corrected chi connectivity index (χ4v) is 2.91. The molecule has 0 fully saturated rings. The minimum Gasteiger partial charge on any atom is -0.370 e. The summed E-state index contributed by atoms with van der Waals surface area (Å²) in [5.41, 5.74) is 2.59. The van der Waals surface area contributed by atoms with Gasteiger partial charge in [0.25, 0.3) is 5.91 Å². The van der Waals surface area contributed by atoms with Crippen LogP contribution in [0.5, 0.6) is 0 Å². The first-order valence-electron chi connectivity index (χ1n) is 7.96. The number of nitrogens with one attached hydrogen (secondary N) is 2. The number of carbonyl (C=O) groups excluding carboxylic acids is 1. The van der Waals surface area contributed by atoms with Crippen molar-refractivity contribution >= 4 is 21.6 Å². The van der Waals surface area contributed by atoms with Gasteiger partial charge in [0.05, 0.1) is 5.75 Å². The number of nitrogens with zero attached hydrogens (tertiary/aromatic N) is 1. The Hall–Kier alpha value is -2.38. The van der Waals surface area contributed by atoms with E-state index >= 15 is 0 Å². The second kappa shape index (κ2) is 8.64. The molecule has 6 nitrogen and oxygen atoms in total. The summed E-state index contributed by atoms with van der Waals surface area (Å²) in [5.74, 6) is -0.440. The number of hydrogen-bond acceptors (Lipinski definition) is 4. The van der Waals surface area contributed by atoms with Crippen molar-refractivity contribution in [2.45, 2.75) is 6.54 Å². The van der Waals surface area contributed by atoms with Crippen LogP contribution in [0, 0.1) is 0 Å². The highest BCUT2D eigenvalue weighted by molar-refractivity contribution is 7.89. The number of amides is 1. The van der Waals surface area contributed by atoms with E-state index in [1.165, 1.54) is 12.6 Å². The standard InChI is InChI=1S/C18H23N3O3S/c1-19-25(23,24)12-11-20-18(22)16-9-6-10-17(13-16)21(2)14-15-7-4-3-5-8-15/h3-10,13,19H,11-12,14H2,1-2H3,(H,20,22). The monoisotopic (exact) mass is 361 g/mol. The first kappa shape index (κ1) is 19.0. The topological polar surface area (TPSA) is 78.5 Å². The largest absolute Gasteiger partial charge is 0.370 e. The number of hydrogen-bond donors (Lipinski definition) is 2. The Labute approximate surface area is 148 Å². The number of rotatable bonds is 8. The van der Waals surface area contributed by atoms with Gasteiger partial charge in [-0.05, 0) is 30.8 Å². The normalized spacial score (nSPS) is 11.1. The van der Waals surface area contributed by atoms with E-state index in [0.717, 1.165) is 12.2 Å². The molecule has 2 aromatic rings. The maximum Gasteiger partial charge on any atom is 0.251 e. The molecule has 0 radical (unpaired) electrons. The lowest BCUT2D eigenvalue weighted by Gasteiger charge is -2.20. The summed E-state index contributed by atoms with van der Waals surface area (Å²) < 4.78 is 24.9. The van der Waals surface area contributed by atoms with Gasteiger partial charge in [-0.1, -0.05) is 36.4 Å². The summed E-state index contributed by atoms with van der Waals surface area (Å²) in [6, 6.07) is 17.3. The van der Waals surface area contributed by atoms with Crippen LogP contribution >= 0.6 is 0 Å². The van der Waals surface area contributed by atoms with Crippen molar-refractivity contribution in [2.24, 2.45) is 0 Å². The van der Waals surface area contributed by atoms with Gasteiger partial charge in [-0.25, -0.2) is 13.1 Å². The molecule has 134 valence electrons. The minimum absolute atomic E-state index is 0.0616. The molecule has 0 bridgehead atoms. The second-order valence-corrected chi connectivity index (χ2v) is 7.72. The number of sulfonamides is 1. The van der Waals surface area contributed by atoms with E-state index in [2.05, 4.69) is 27.1 Å². The molecule has 0 spiro atoms. The second-order valence-electron chi connectivity index (χ2n) is 5.67. The van der Waals surface area contributed by atoms with Crippen molar-refractivity contribution in [1.29, 1.82) is 0 Å². The molecule has 2 aromatic carbocycles. The lowest BCUT2D eigenvalue weighted by atomic mass is 10.1. The average molecular weight is 361 g/mol. The van der Waals surface area contributed by atoms with E-state index in [0.29, 0.717) is 5.56 Å². The van der Waals surface area contributed by atoms with Gasteiger partial charge in [0.15, 0.2) is 0 Å². The quantitative estimate of drug-likeness (QED) is 0.749. The van der Waals surface area contributed by atoms with Crippen LogP contribution in [0.4, 0.5) is 5.69 Å². The summed E-state index contributed by atoms with van der Waals surface area (Å²) >= 11 is 0. The highest BCUT2D eigenvalue weighted by atomic mass is 32.2. The van der Waals surface area contributed by atoms with E-state index < -0.39 is 10.0 Å². The molecule has 2 N–H and O–H groups in total. The first-order valence-corrected chi connectivity index (χ1v) is 9.61. The van der Waals surface area contributed by atoms with Gasteiger partial charge in [-0.3, -0.25) is 4.79 Å². The molecule has 2 rings (SSSR count). The molecular weight excluding hydrogens is 338 g/mol. The van der Waals surface area contributed by atoms with Crippen molar-refractivity contribution < 1.29 is 13.2 Å². The number of carbonyl (C=O) groups is 1. The Morgan fingerprint density at radius 2 is 1.80 bits per heavy atom. The summed E-state index contributed by atoms with van der Waals surface area (Å²) in [6.07, 6.45) is 0. The van der Waals surface area contributed by atoms with Crippen molar-refractivity contribution in [1.82, 2.24) is 10.0 Å². The summed E-state index contributed by atoms with van der Waals surface area (Å²) in [5, 5.41) is 2.63. The van der Waals surface area contributed by atoms with Gasteiger partial charge in [0, 0.05) is 31.4 Å². The van der Waals surface area contributed by atoms with E-state index in [9.17, 15) is 13.2 Å². The van der Waals surface area contributed by atoms with E-state index in [1.54, 1.807) is 12.1 Å². The summed E-state index contributed by atoms with van der Waals surface area (Å²) in [6.45, 7) is 0.790. The van der Waals surface area contributed by atoms with Crippen LogP contribution in [0.15, 0.2) is 54.6 Å². The van der Waals surface area contributed by atoms with Crippen LogP contribution in [-0.4, -0.2) is 40.7 Å². The number of benzene rings is 2. The third kappa shape index (κ3) is 5.88. The molecule has 0 saturated carbocycles. The Morgan fingerprint density at radius 1 is 1.08 bits per heavy atom. The molecule has 0 saturated heterocycles. The predicted octanol–water partition coefficient (Wildman–Crippen LogP) is 1.60. The zero-order valence-corrected chi connectivity index (χ0v) is 15.2.